The summed E-state index contributed by atoms with van der Waals surface area (Å²) < 4.78 is 4.85. The van der Waals surface area contributed by atoms with Crippen LogP contribution in [0.25, 0.3) is 5.76 Å². The van der Waals surface area contributed by atoms with Gasteiger partial charge in [-0.05, 0) is 44.5 Å². The maximum Gasteiger partial charge on any atom is 0.348 e. The lowest BCUT2D eigenvalue weighted by Gasteiger charge is -2.50. The zero-order chi connectivity index (χ0) is 30.8. The Labute approximate surface area is 239 Å². The average molecular weight is 583 g/mol. The first-order valence-electron chi connectivity index (χ1n) is 13.2. The largest absolute Gasteiger partial charge is 0.508 e. The van der Waals surface area contributed by atoms with Crippen LogP contribution in [0.4, 0.5) is 5.69 Å². The SMILES string of the molecule is CN(C)c1cc(CNC(=O)c2ccno2)c(O)c2c1CC1CC3C(N(C)C)C(=O)C(C([NH3+])=O)=C(O)C3(O)C(=O)C1=C2O. The molecule has 222 valence electrons. The highest BCUT2D eigenvalue weighted by Gasteiger charge is 2.64. The number of aromatic nitrogens is 1. The number of benzene rings is 1. The number of nitrogens with one attached hydrogen (secondary N) is 1. The number of phenolic OH excluding ortho intramolecular Hbond substituents is 1. The first-order valence-corrected chi connectivity index (χ1v) is 13.2. The van der Waals surface area contributed by atoms with E-state index < -0.39 is 69.7 Å². The monoisotopic (exact) mass is 582 g/mol. The number of carbonyl (C=O) groups is 4. The summed E-state index contributed by atoms with van der Waals surface area (Å²) in [5.74, 6) is -7.42. The summed E-state index contributed by atoms with van der Waals surface area (Å²) >= 11 is 0. The number of Topliss-reactive ketones (excluding diaryl/α,β-unsaturated/α-hetero) is 2. The van der Waals surface area contributed by atoms with Gasteiger partial charge in [-0.2, -0.15) is 0 Å². The predicted octanol–water partition coefficient (Wildman–Crippen LogP) is -0.769. The van der Waals surface area contributed by atoms with Crippen LogP contribution in [0.15, 0.2) is 39.8 Å². The fourth-order valence-electron chi connectivity index (χ4n) is 6.51. The number of aliphatic hydroxyl groups is 3. The van der Waals surface area contributed by atoms with E-state index in [-0.39, 0.29) is 41.8 Å². The van der Waals surface area contributed by atoms with E-state index in [0.29, 0.717) is 11.3 Å². The van der Waals surface area contributed by atoms with Gasteiger partial charge in [-0.3, -0.25) is 25.0 Å². The first kappa shape index (κ1) is 29.0. The number of hydrogen-bond acceptors (Lipinski definition) is 12. The minimum atomic E-state index is -2.69. The Morgan fingerprint density at radius 2 is 1.88 bits per heavy atom. The van der Waals surface area contributed by atoms with Gasteiger partial charge >= 0.3 is 5.91 Å². The summed E-state index contributed by atoms with van der Waals surface area (Å²) in [6.45, 7) is -0.170. The molecular formula is C28H32N5O9+. The van der Waals surface area contributed by atoms with Gasteiger partial charge in [0.25, 0.3) is 5.91 Å². The first-order chi connectivity index (χ1) is 19.7. The molecule has 3 aliphatic rings. The molecule has 0 spiro atoms. The molecule has 0 radical (unpaired) electrons. The zero-order valence-electron chi connectivity index (χ0n) is 23.5. The van der Waals surface area contributed by atoms with Crippen molar-refractivity contribution in [3.05, 3.63) is 57.7 Å². The number of phenols is 1. The standard InChI is InChI=1S/C28H31N5O9/c1-32(2)15-9-12(10-30-27(40)16-5-6-31-42-16)21(34)18-13(15)7-11-8-14-20(33(3)4)23(36)19(26(29)39)25(38)28(14,41)24(37)17(11)22(18)35/h5-6,9,11,14,20,34-35,38,41H,7-8,10H2,1-4H3,(H2,29,39)(H,30,40)/p+1. The lowest BCUT2D eigenvalue weighted by atomic mass is 9.57. The Morgan fingerprint density at radius 3 is 2.45 bits per heavy atom. The second-order valence-electron chi connectivity index (χ2n) is 11.2. The van der Waals surface area contributed by atoms with E-state index in [1.165, 1.54) is 17.2 Å². The summed E-state index contributed by atoms with van der Waals surface area (Å²) in [5, 5.41) is 51.8. The van der Waals surface area contributed by atoms with Crippen LogP contribution in [0.1, 0.15) is 33.7 Å². The number of fused-ring (bicyclic) bond motifs is 3. The molecule has 0 saturated heterocycles. The third kappa shape index (κ3) is 4.09. The highest BCUT2D eigenvalue weighted by Crippen LogP contribution is 2.54. The molecule has 1 aromatic heterocycles. The van der Waals surface area contributed by atoms with Gasteiger partial charge in [-0.25, -0.2) is 4.79 Å². The molecule has 4 atom stereocenters. The Kier molecular flexibility index (Phi) is 6.95. The summed E-state index contributed by atoms with van der Waals surface area (Å²) in [4.78, 5) is 55.2. The normalized spacial score (nSPS) is 25.3. The van der Waals surface area contributed by atoms with Gasteiger partial charge in [0.15, 0.2) is 22.7 Å². The molecule has 14 nitrogen and oxygen atoms in total. The molecule has 5 rings (SSSR count). The quantitative estimate of drug-likeness (QED) is 0.231. The zero-order valence-corrected chi connectivity index (χ0v) is 23.5. The van der Waals surface area contributed by atoms with Crippen LogP contribution >= 0.6 is 0 Å². The molecule has 1 heterocycles. The summed E-state index contributed by atoms with van der Waals surface area (Å²) in [5.41, 5.74) is 0.804. The molecule has 0 bridgehead atoms. The maximum absolute atomic E-state index is 14.1. The van der Waals surface area contributed by atoms with E-state index in [4.69, 9.17) is 4.52 Å². The molecule has 1 fully saturated rings. The fourth-order valence-corrected chi connectivity index (χ4v) is 6.51. The number of hydrogen-bond donors (Lipinski definition) is 6. The highest BCUT2D eigenvalue weighted by atomic mass is 16.5. The van der Waals surface area contributed by atoms with Gasteiger partial charge in [-0.15, -0.1) is 0 Å². The molecule has 14 heteroatoms. The Hall–Kier alpha value is -4.53. The van der Waals surface area contributed by atoms with Gasteiger partial charge in [0.1, 0.15) is 11.5 Å². The van der Waals surface area contributed by atoms with E-state index in [9.17, 15) is 39.6 Å². The van der Waals surface area contributed by atoms with E-state index >= 15 is 0 Å². The second kappa shape index (κ2) is 10.1. The lowest BCUT2D eigenvalue weighted by Crippen LogP contribution is -2.68. The van der Waals surface area contributed by atoms with Crippen LogP contribution in [-0.4, -0.2) is 93.7 Å². The van der Waals surface area contributed by atoms with Crippen molar-refractivity contribution in [3.63, 3.8) is 0 Å². The van der Waals surface area contributed by atoms with Crippen molar-refractivity contribution in [1.82, 2.24) is 15.4 Å². The number of amides is 2. The minimum absolute atomic E-state index is 0.000948. The van der Waals surface area contributed by atoms with E-state index in [1.807, 2.05) is 0 Å². The van der Waals surface area contributed by atoms with Crippen molar-refractivity contribution in [3.8, 4) is 5.75 Å². The third-order valence-corrected chi connectivity index (χ3v) is 8.39. The predicted molar refractivity (Wildman–Crippen MR) is 145 cm³/mol. The number of aliphatic hydroxyl groups excluding tert-OH is 2. The molecule has 1 aromatic carbocycles. The van der Waals surface area contributed by atoms with Gasteiger partial charge in [0.05, 0.1) is 17.8 Å². The maximum atomic E-state index is 14.1. The van der Waals surface area contributed by atoms with Gasteiger partial charge in [0.2, 0.25) is 11.5 Å². The molecule has 4 unspecified atom stereocenters. The molecular weight excluding hydrogens is 550 g/mol. The van der Waals surface area contributed by atoms with Crippen molar-refractivity contribution in [2.75, 3.05) is 33.1 Å². The molecule has 1 saturated carbocycles. The van der Waals surface area contributed by atoms with Crippen molar-refractivity contribution in [2.24, 2.45) is 11.8 Å². The van der Waals surface area contributed by atoms with Crippen LogP contribution < -0.4 is 16.0 Å². The van der Waals surface area contributed by atoms with E-state index in [0.717, 1.165) is 0 Å². The van der Waals surface area contributed by atoms with Crippen LogP contribution in [0.3, 0.4) is 0 Å². The number of ketones is 2. The van der Waals surface area contributed by atoms with Gasteiger partial charge < -0.3 is 35.2 Å². The summed E-state index contributed by atoms with van der Waals surface area (Å²) in [6, 6.07) is 1.90. The van der Waals surface area contributed by atoms with Crippen molar-refractivity contribution in [2.45, 2.75) is 31.0 Å². The number of nitrogens with zero attached hydrogens (tertiary/aromatic N) is 3. The Bertz CT molecular complexity index is 1590. The van der Waals surface area contributed by atoms with Crippen LogP contribution in [0, 0.1) is 11.8 Å². The summed E-state index contributed by atoms with van der Waals surface area (Å²) in [7, 11) is 6.63. The number of quaternary nitrogens is 1. The van der Waals surface area contributed by atoms with Crippen LogP contribution in [0.5, 0.6) is 5.75 Å². The molecule has 3 aliphatic carbocycles. The topological polar surface area (TPSA) is 221 Å². The molecule has 2 amide bonds. The molecule has 2 aromatic rings. The van der Waals surface area contributed by atoms with Crippen LogP contribution in [0.2, 0.25) is 0 Å². The fraction of sp³-hybridized carbons (Fsp3) is 0.393. The van der Waals surface area contributed by atoms with Crippen molar-refractivity contribution in [1.29, 1.82) is 0 Å². The second-order valence-corrected chi connectivity index (χ2v) is 11.2. The number of carbonyl (C=O) groups excluding carboxylic acids is 4. The minimum Gasteiger partial charge on any atom is -0.508 e. The number of rotatable bonds is 6. The van der Waals surface area contributed by atoms with Crippen LogP contribution in [-0.2, 0) is 27.3 Å². The lowest BCUT2D eigenvalue weighted by molar-refractivity contribution is -0.299. The average Bonchev–Trinajstić information content (AvgIpc) is 3.45. The van der Waals surface area contributed by atoms with Crippen molar-refractivity contribution < 1.29 is 49.9 Å². The Balaban J connectivity index is 1.65. The third-order valence-electron chi connectivity index (χ3n) is 8.39. The molecule has 0 aliphatic heterocycles. The number of anilines is 1. The molecule has 42 heavy (non-hydrogen) atoms. The van der Waals surface area contributed by atoms with Gasteiger partial charge in [-0.1, -0.05) is 5.16 Å². The van der Waals surface area contributed by atoms with E-state index in [2.05, 4.69) is 16.2 Å². The van der Waals surface area contributed by atoms with Crippen molar-refractivity contribution >= 4 is 34.8 Å². The highest BCUT2D eigenvalue weighted by molar-refractivity contribution is 6.22. The molecule has 8 N–H and O–H groups in total. The number of likely N-dealkylation sites (N-methyl/N-ethyl adjacent to an activating group) is 1. The smallest absolute Gasteiger partial charge is 0.348 e. The van der Waals surface area contributed by atoms with Gasteiger partial charge in [0, 0.05) is 49.4 Å². The summed E-state index contributed by atoms with van der Waals surface area (Å²) in [6.07, 6.45) is 1.46. The number of aromatic hydroxyl groups is 1. The van der Waals surface area contributed by atoms with E-state index in [1.54, 1.807) is 39.2 Å². The Morgan fingerprint density at radius 1 is 1.19 bits per heavy atom.